The zero-order valence-corrected chi connectivity index (χ0v) is 14.3. The Morgan fingerprint density at radius 3 is 2.75 bits per heavy atom. The van der Waals surface area contributed by atoms with Crippen LogP contribution in [0.1, 0.15) is 12.5 Å². The summed E-state index contributed by atoms with van der Waals surface area (Å²) >= 11 is 0. The van der Waals surface area contributed by atoms with E-state index in [4.69, 9.17) is 9.47 Å². The Balaban J connectivity index is 1.52. The molecule has 1 saturated heterocycles. The maximum atomic E-state index is 5.92. The molecule has 0 spiro atoms. The van der Waals surface area contributed by atoms with E-state index in [0.717, 1.165) is 44.2 Å². The lowest BCUT2D eigenvalue weighted by Gasteiger charge is -2.33. The van der Waals surface area contributed by atoms with Crippen molar-refractivity contribution in [2.45, 2.75) is 19.6 Å². The average Bonchev–Trinajstić information content (AvgIpc) is 2.62. The fourth-order valence-corrected chi connectivity index (χ4v) is 3.01. The minimum absolute atomic E-state index is 0.192. The first-order chi connectivity index (χ1) is 11.8. The number of nitrogens with zero attached hydrogens (tertiary/aromatic N) is 1. The summed E-state index contributed by atoms with van der Waals surface area (Å²) in [6.45, 7) is 7.16. The Kier molecular flexibility index (Phi) is 6.10. The van der Waals surface area contributed by atoms with Gasteiger partial charge in [-0.15, -0.1) is 0 Å². The zero-order valence-electron chi connectivity index (χ0n) is 14.3. The summed E-state index contributed by atoms with van der Waals surface area (Å²) in [6.07, 6.45) is 0.192. The summed E-state index contributed by atoms with van der Waals surface area (Å²) in [5.41, 5.74) is 2.39. The zero-order chi connectivity index (χ0) is 16.6. The van der Waals surface area contributed by atoms with E-state index in [1.807, 2.05) is 25.1 Å². The van der Waals surface area contributed by atoms with Gasteiger partial charge in [0.15, 0.2) is 0 Å². The molecule has 2 aromatic rings. The molecule has 2 aromatic carbocycles. The van der Waals surface area contributed by atoms with E-state index in [1.165, 1.54) is 5.56 Å². The first-order valence-electron chi connectivity index (χ1n) is 8.68. The van der Waals surface area contributed by atoms with Gasteiger partial charge in [0.2, 0.25) is 0 Å². The summed E-state index contributed by atoms with van der Waals surface area (Å²) in [7, 11) is 0. The molecule has 0 saturated carbocycles. The van der Waals surface area contributed by atoms with Crippen LogP contribution in [0.2, 0.25) is 0 Å². The van der Waals surface area contributed by atoms with Crippen molar-refractivity contribution in [3.63, 3.8) is 0 Å². The Morgan fingerprint density at radius 1 is 1.12 bits per heavy atom. The Bertz CT molecular complexity index is 618. The molecule has 1 fully saturated rings. The van der Waals surface area contributed by atoms with Crippen molar-refractivity contribution in [1.82, 2.24) is 4.90 Å². The number of benzene rings is 2. The average molecular weight is 326 g/mol. The summed E-state index contributed by atoms with van der Waals surface area (Å²) in [4.78, 5) is 2.46. The number of morpholine rings is 1. The molecule has 0 aliphatic carbocycles. The van der Waals surface area contributed by atoms with Crippen LogP contribution in [-0.2, 0) is 11.3 Å². The number of nitrogens with one attached hydrogen (secondary N) is 1. The summed E-state index contributed by atoms with van der Waals surface area (Å²) < 4.78 is 11.6. The number of hydrogen-bond donors (Lipinski definition) is 1. The van der Waals surface area contributed by atoms with Crippen molar-refractivity contribution >= 4 is 5.69 Å². The van der Waals surface area contributed by atoms with Crippen LogP contribution in [0.3, 0.4) is 0 Å². The molecule has 4 nitrogen and oxygen atoms in total. The molecule has 0 unspecified atom stereocenters. The van der Waals surface area contributed by atoms with Gasteiger partial charge >= 0.3 is 0 Å². The van der Waals surface area contributed by atoms with Gasteiger partial charge in [0.05, 0.1) is 25.0 Å². The lowest BCUT2D eigenvalue weighted by atomic mass is 10.2. The maximum absolute atomic E-state index is 5.92. The van der Waals surface area contributed by atoms with Crippen LogP contribution in [-0.4, -0.2) is 43.9 Å². The first-order valence-corrected chi connectivity index (χ1v) is 8.68. The third-order valence-electron chi connectivity index (χ3n) is 4.18. The largest absolute Gasteiger partial charge is 0.492 e. The van der Waals surface area contributed by atoms with Crippen LogP contribution < -0.4 is 10.1 Å². The van der Waals surface area contributed by atoms with Crippen LogP contribution in [0.25, 0.3) is 0 Å². The topological polar surface area (TPSA) is 33.7 Å². The third-order valence-corrected chi connectivity index (χ3v) is 4.18. The Hall–Kier alpha value is -2.04. The van der Waals surface area contributed by atoms with Crippen molar-refractivity contribution in [3.05, 3.63) is 60.2 Å². The molecule has 128 valence electrons. The molecule has 0 amide bonds. The van der Waals surface area contributed by atoms with Crippen LogP contribution in [0.4, 0.5) is 5.69 Å². The number of anilines is 1. The molecular formula is C20H26N2O2. The molecule has 1 heterocycles. The second kappa shape index (κ2) is 8.71. The van der Waals surface area contributed by atoms with Crippen LogP contribution in [0.5, 0.6) is 5.75 Å². The SMILES string of the molecule is CCOc1ccccc1NC[C@H]1CN(Cc2ccccc2)CCO1. The van der Waals surface area contributed by atoms with E-state index in [0.29, 0.717) is 6.61 Å². The third kappa shape index (κ3) is 4.73. The summed E-state index contributed by atoms with van der Waals surface area (Å²) in [5, 5.41) is 3.48. The molecule has 4 heteroatoms. The van der Waals surface area contributed by atoms with E-state index in [9.17, 15) is 0 Å². The minimum Gasteiger partial charge on any atom is -0.492 e. The first kappa shape index (κ1) is 16.8. The lowest BCUT2D eigenvalue weighted by Crippen LogP contribution is -2.44. The molecule has 1 aliphatic rings. The van der Waals surface area contributed by atoms with Gasteiger partial charge < -0.3 is 14.8 Å². The fraction of sp³-hybridized carbons (Fsp3) is 0.400. The highest BCUT2D eigenvalue weighted by molar-refractivity contribution is 5.56. The number of hydrogen-bond acceptors (Lipinski definition) is 4. The molecule has 1 aliphatic heterocycles. The number of para-hydroxylation sites is 2. The quantitative estimate of drug-likeness (QED) is 0.845. The highest BCUT2D eigenvalue weighted by Crippen LogP contribution is 2.24. The molecule has 1 atom stereocenters. The molecule has 24 heavy (non-hydrogen) atoms. The Morgan fingerprint density at radius 2 is 1.92 bits per heavy atom. The number of rotatable bonds is 7. The monoisotopic (exact) mass is 326 g/mol. The summed E-state index contributed by atoms with van der Waals surface area (Å²) in [6, 6.07) is 18.7. The minimum atomic E-state index is 0.192. The highest BCUT2D eigenvalue weighted by atomic mass is 16.5. The predicted molar refractivity (Wildman–Crippen MR) is 97.6 cm³/mol. The van der Waals surface area contributed by atoms with Crippen LogP contribution in [0.15, 0.2) is 54.6 Å². The van der Waals surface area contributed by atoms with Crippen molar-refractivity contribution in [3.8, 4) is 5.75 Å². The molecule has 3 rings (SSSR count). The molecule has 0 radical (unpaired) electrons. The standard InChI is InChI=1S/C20H26N2O2/c1-2-23-20-11-7-6-10-19(20)21-14-18-16-22(12-13-24-18)15-17-8-4-3-5-9-17/h3-11,18,21H,2,12-16H2,1H3/t18-/m0/s1. The van der Waals surface area contributed by atoms with Gasteiger partial charge in [-0.05, 0) is 24.6 Å². The number of ether oxygens (including phenoxy) is 2. The van der Waals surface area contributed by atoms with Gasteiger partial charge in [0.1, 0.15) is 5.75 Å². The van der Waals surface area contributed by atoms with Crippen LogP contribution in [0, 0.1) is 0 Å². The second-order valence-electron chi connectivity index (χ2n) is 6.02. The van der Waals surface area contributed by atoms with E-state index < -0.39 is 0 Å². The molecule has 1 N–H and O–H groups in total. The maximum Gasteiger partial charge on any atom is 0.142 e. The van der Waals surface area contributed by atoms with Gasteiger partial charge in [-0.1, -0.05) is 42.5 Å². The van der Waals surface area contributed by atoms with Crippen molar-refractivity contribution in [1.29, 1.82) is 0 Å². The van der Waals surface area contributed by atoms with Crippen molar-refractivity contribution < 1.29 is 9.47 Å². The normalized spacial score (nSPS) is 18.3. The molecule has 0 bridgehead atoms. The van der Waals surface area contributed by atoms with Gasteiger partial charge in [-0.3, -0.25) is 4.90 Å². The fourth-order valence-electron chi connectivity index (χ4n) is 3.01. The smallest absolute Gasteiger partial charge is 0.142 e. The van der Waals surface area contributed by atoms with Gasteiger partial charge in [0.25, 0.3) is 0 Å². The second-order valence-corrected chi connectivity index (χ2v) is 6.02. The van der Waals surface area contributed by atoms with Gasteiger partial charge in [-0.2, -0.15) is 0 Å². The highest BCUT2D eigenvalue weighted by Gasteiger charge is 2.20. The van der Waals surface area contributed by atoms with E-state index in [1.54, 1.807) is 0 Å². The van der Waals surface area contributed by atoms with Gasteiger partial charge in [-0.25, -0.2) is 0 Å². The molecule has 0 aromatic heterocycles. The van der Waals surface area contributed by atoms with Crippen molar-refractivity contribution in [2.75, 3.05) is 38.2 Å². The van der Waals surface area contributed by atoms with Crippen LogP contribution >= 0.6 is 0 Å². The van der Waals surface area contributed by atoms with Gasteiger partial charge in [0, 0.05) is 26.2 Å². The lowest BCUT2D eigenvalue weighted by molar-refractivity contribution is -0.0240. The molecular weight excluding hydrogens is 300 g/mol. The van der Waals surface area contributed by atoms with E-state index in [2.05, 4.69) is 46.6 Å². The Labute approximate surface area is 144 Å². The van der Waals surface area contributed by atoms with Crippen molar-refractivity contribution in [2.24, 2.45) is 0 Å². The van der Waals surface area contributed by atoms with E-state index in [-0.39, 0.29) is 6.10 Å². The summed E-state index contributed by atoms with van der Waals surface area (Å²) in [5.74, 6) is 0.900. The van der Waals surface area contributed by atoms with E-state index >= 15 is 0 Å². The predicted octanol–water partition coefficient (Wildman–Crippen LogP) is 3.40.